The van der Waals surface area contributed by atoms with Crippen molar-refractivity contribution in [3.05, 3.63) is 39.7 Å². The fourth-order valence-electron chi connectivity index (χ4n) is 1.18. The van der Waals surface area contributed by atoms with Crippen LogP contribution in [0.25, 0.3) is 10.1 Å². The minimum atomic E-state index is -1.23. The Morgan fingerprint density at radius 1 is 1.44 bits per heavy atom. The van der Waals surface area contributed by atoms with Gasteiger partial charge in [-0.1, -0.05) is 0 Å². The van der Waals surface area contributed by atoms with Crippen molar-refractivity contribution < 1.29 is 14.3 Å². The molecule has 0 amide bonds. The maximum absolute atomic E-state index is 13.1. The summed E-state index contributed by atoms with van der Waals surface area (Å²) in [6, 6.07) is 4.01. The van der Waals surface area contributed by atoms with Gasteiger partial charge in [0.1, 0.15) is 0 Å². The number of carbonyl (C=O) groups excluding carboxylic acids is 1. The number of aromatic carboxylic acids is 1. The van der Waals surface area contributed by atoms with Crippen LogP contribution in [0.5, 0.6) is 0 Å². The molecular formula is C10H4ClFNO2Se-. The molecule has 3 nitrogen and oxygen atoms in total. The monoisotopic (exact) mass is 304 g/mol. The van der Waals surface area contributed by atoms with E-state index >= 15 is 0 Å². The summed E-state index contributed by atoms with van der Waals surface area (Å²) in [5.74, 6) is -1.70. The first-order valence-corrected chi connectivity index (χ1v) is 6.29. The number of hydrogen-bond donors (Lipinski definition) is 0. The van der Waals surface area contributed by atoms with Crippen LogP contribution in [0.2, 0.25) is 5.02 Å². The van der Waals surface area contributed by atoms with Crippen LogP contribution < -0.4 is 5.11 Å². The molecule has 0 radical (unpaired) electrons. The first-order valence-electron chi connectivity index (χ1n) is 4.20. The van der Waals surface area contributed by atoms with Gasteiger partial charge >= 0.3 is 101 Å². The predicted octanol–water partition coefficient (Wildman–Crippen LogP) is 0.962. The van der Waals surface area contributed by atoms with Crippen LogP contribution in [0, 0.1) is 5.82 Å². The molecular weight excluding hydrogens is 300 g/mol. The van der Waals surface area contributed by atoms with E-state index in [4.69, 9.17) is 11.6 Å². The quantitative estimate of drug-likeness (QED) is 0.777. The molecule has 0 bridgehead atoms. The van der Waals surface area contributed by atoms with Crippen LogP contribution in [-0.4, -0.2) is 25.5 Å². The van der Waals surface area contributed by atoms with Gasteiger partial charge in [-0.05, 0) is 0 Å². The standard InChI is InChI=1S/C10H5ClFNO2Se/c11-6-1-5(2-7(12)3-6)9-13-4-8(16-9)10(14)15/h1-4H,(H,14,15)/p-1. The van der Waals surface area contributed by atoms with Crippen molar-refractivity contribution in [1.82, 2.24) is 4.98 Å². The molecule has 1 aromatic heterocycles. The summed E-state index contributed by atoms with van der Waals surface area (Å²) >= 11 is 5.23. The molecule has 0 N–H and O–H groups in total. The fraction of sp³-hybridized carbons (Fsp3) is 0. The second-order valence-corrected chi connectivity index (χ2v) is 5.57. The molecule has 2 rings (SSSR count). The van der Waals surface area contributed by atoms with Crippen LogP contribution in [-0.2, 0) is 0 Å². The summed E-state index contributed by atoms with van der Waals surface area (Å²) in [6.45, 7) is 0. The summed E-state index contributed by atoms with van der Waals surface area (Å²) in [5.41, 5.74) is 0.512. The van der Waals surface area contributed by atoms with Crippen LogP contribution in [0.1, 0.15) is 9.23 Å². The average Bonchev–Trinajstić information content (AvgIpc) is 2.64. The third-order valence-electron chi connectivity index (χ3n) is 1.82. The number of carbonyl (C=O) groups is 1. The van der Waals surface area contributed by atoms with Crippen LogP contribution in [0.15, 0.2) is 24.4 Å². The molecule has 0 unspecified atom stereocenters. The zero-order chi connectivity index (χ0) is 11.7. The summed E-state index contributed by atoms with van der Waals surface area (Å²) in [7, 11) is 0. The number of halogens is 2. The van der Waals surface area contributed by atoms with Crippen molar-refractivity contribution in [2.45, 2.75) is 0 Å². The molecule has 0 aliphatic rings. The second kappa shape index (κ2) is 4.37. The number of rotatable bonds is 2. The molecule has 0 aliphatic carbocycles. The Morgan fingerprint density at radius 2 is 2.19 bits per heavy atom. The van der Waals surface area contributed by atoms with Gasteiger partial charge in [-0.2, -0.15) is 0 Å². The first-order chi connectivity index (χ1) is 7.56. The van der Waals surface area contributed by atoms with Gasteiger partial charge in [0.2, 0.25) is 0 Å². The molecule has 0 saturated heterocycles. The zero-order valence-corrected chi connectivity index (χ0v) is 10.2. The number of hydrogen-bond acceptors (Lipinski definition) is 3. The fourth-order valence-corrected chi connectivity index (χ4v) is 2.95. The van der Waals surface area contributed by atoms with Gasteiger partial charge in [0.05, 0.1) is 0 Å². The van der Waals surface area contributed by atoms with Crippen molar-refractivity contribution in [2.75, 3.05) is 0 Å². The van der Waals surface area contributed by atoms with E-state index in [1.54, 1.807) is 6.07 Å². The van der Waals surface area contributed by atoms with E-state index in [0.717, 1.165) is 0 Å². The molecule has 0 aliphatic heterocycles. The van der Waals surface area contributed by atoms with Crippen LogP contribution in [0.3, 0.4) is 0 Å². The summed E-state index contributed by atoms with van der Waals surface area (Å²) in [4.78, 5) is 14.5. The van der Waals surface area contributed by atoms with E-state index in [0.29, 0.717) is 10.1 Å². The van der Waals surface area contributed by atoms with Crippen molar-refractivity contribution in [3.8, 4) is 10.1 Å². The van der Waals surface area contributed by atoms with Gasteiger partial charge in [0, 0.05) is 0 Å². The summed E-state index contributed by atoms with van der Waals surface area (Å²) in [5, 5.41) is 10.8. The van der Waals surface area contributed by atoms with E-state index in [1.165, 1.54) is 18.3 Å². The van der Waals surface area contributed by atoms with Gasteiger partial charge < -0.3 is 0 Å². The normalized spacial score (nSPS) is 10.4. The van der Waals surface area contributed by atoms with E-state index in [2.05, 4.69) is 4.98 Å². The summed E-state index contributed by atoms with van der Waals surface area (Å²) < 4.78 is 13.7. The Labute approximate surface area is 101 Å². The molecule has 0 atom stereocenters. The molecule has 0 fully saturated rings. The number of carboxylic acids is 1. The van der Waals surface area contributed by atoms with Gasteiger partial charge in [0.25, 0.3) is 0 Å². The Hall–Kier alpha value is -1.16. The summed E-state index contributed by atoms with van der Waals surface area (Å²) in [6.07, 6.45) is 1.24. The SMILES string of the molecule is O=C([O-])c1cnc(-c2cc(F)cc(Cl)c2)[se]1. The number of benzene rings is 1. The molecule has 1 aromatic carbocycles. The van der Waals surface area contributed by atoms with Gasteiger partial charge in [0.15, 0.2) is 0 Å². The van der Waals surface area contributed by atoms with Crippen molar-refractivity contribution in [2.24, 2.45) is 0 Å². The van der Waals surface area contributed by atoms with Gasteiger partial charge in [-0.25, -0.2) is 0 Å². The van der Waals surface area contributed by atoms with E-state index in [9.17, 15) is 14.3 Å². The second-order valence-electron chi connectivity index (χ2n) is 2.98. The molecule has 0 saturated carbocycles. The molecule has 6 heteroatoms. The number of aromatic nitrogens is 1. The van der Waals surface area contributed by atoms with Crippen molar-refractivity contribution >= 4 is 32.1 Å². The Kier molecular flexibility index (Phi) is 3.10. The Morgan fingerprint density at radius 3 is 2.75 bits per heavy atom. The zero-order valence-electron chi connectivity index (χ0n) is 7.74. The number of nitrogens with zero attached hydrogens (tertiary/aromatic N) is 1. The molecule has 82 valence electrons. The van der Waals surface area contributed by atoms with Gasteiger partial charge in [-0.15, -0.1) is 0 Å². The topological polar surface area (TPSA) is 53.0 Å². The molecule has 0 spiro atoms. The molecule has 16 heavy (non-hydrogen) atoms. The Balaban J connectivity index is 2.46. The van der Waals surface area contributed by atoms with Gasteiger partial charge in [-0.3, -0.25) is 0 Å². The Bertz CT molecular complexity index is 535. The third-order valence-corrected chi connectivity index (χ3v) is 4.19. The van der Waals surface area contributed by atoms with Crippen LogP contribution >= 0.6 is 11.6 Å². The maximum atomic E-state index is 13.1. The van der Waals surface area contributed by atoms with E-state index < -0.39 is 26.3 Å². The molecule has 2 aromatic rings. The third kappa shape index (κ3) is 2.32. The first kappa shape index (κ1) is 11.3. The average molecular weight is 304 g/mol. The van der Waals surface area contributed by atoms with E-state index in [1.807, 2.05) is 0 Å². The van der Waals surface area contributed by atoms with Crippen molar-refractivity contribution in [1.29, 1.82) is 0 Å². The predicted molar refractivity (Wildman–Crippen MR) is 55.9 cm³/mol. The molecule has 1 heterocycles. The van der Waals surface area contributed by atoms with E-state index in [-0.39, 0.29) is 9.46 Å². The van der Waals surface area contributed by atoms with Crippen LogP contribution in [0.4, 0.5) is 4.39 Å². The van der Waals surface area contributed by atoms with Crippen molar-refractivity contribution in [3.63, 3.8) is 0 Å². The minimum absolute atomic E-state index is 0.142. The number of carboxylic acid groups (broad SMARTS) is 1.